The quantitative estimate of drug-likeness (QED) is 0.645. The minimum atomic E-state index is 0.440. The molecule has 0 aromatic heterocycles. The first kappa shape index (κ1) is 9.75. The minimum Gasteiger partial charge on any atom is -0.378 e. The Labute approximate surface area is 75.0 Å². The van der Waals surface area contributed by atoms with E-state index in [1.54, 1.807) is 0 Å². The summed E-state index contributed by atoms with van der Waals surface area (Å²) in [7, 11) is 2.01. The second kappa shape index (κ2) is 4.63. The van der Waals surface area contributed by atoms with Gasteiger partial charge in [-0.1, -0.05) is 6.08 Å². The van der Waals surface area contributed by atoms with Crippen molar-refractivity contribution in [2.45, 2.75) is 31.9 Å². The first-order valence-corrected chi connectivity index (χ1v) is 4.67. The molecule has 1 aliphatic rings. The second-order valence-electron chi connectivity index (χ2n) is 3.56. The van der Waals surface area contributed by atoms with Crippen LogP contribution in [0.2, 0.25) is 0 Å². The Morgan fingerprint density at radius 1 is 1.75 bits per heavy atom. The predicted octanol–water partition coefficient (Wildman–Crippen LogP) is 1.58. The van der Waals surface area contributed by atoms with E-state index in [-0.39, 0.29) is 0 Å². The van der Waals surface area contributed by atoms with Crippen molar-refractivity contribution in [3.05, 3.63) is 12.7 Å². The summed E-state index contributed by atoms with van der Waals surface area (Å²) in [6.07, 6.45) is 4.64. The Hall–Kier alpha value is -0.340. The maximum absolute atomic E-state index is 5.52. The first-order valence-electron chi connectivity index (χ1n) is 4.67. The summed E-state index contributed by atoms with van der Waals surface area (Å²) in [6, 6.07) is 0.549. The topological polar surface area (TPSA) is 21.3 Å². The summed E-state index contributed by atoms with van der Waals surface area (Å²) in [5, 5.41) is 3.31. The van der Waals surface area contributed by atoms with Crippen LogP contribution in [0.4, 0.5) is 0 Å². The van der Waals surface area contributed by atoms with Crippen LogP contribution >= 0.6 is 0 Å². The van der Waals surface area contributed by atoms with E-state index >= 15 is 0 Å². The molecule has 0 aromatic rings. The number of hydrogen-bond donors (Lipinski definition) is 1. The third kappa shape index (κ3) is 2.32. The monoisotopic (exact) mass is 169 g/mol. The molecule has 0 radical (unpaired) electrons. The molecule has 12 heavy (non-hydrogen) atoms. The Morgan fingerprint density at radius 2 is 2.50 bits per heavy atom. The highest BCUT2D eigenvalue weighted by molar-refractivity contribution is 4.86. The zero-order valence-corrected chi connectivity index (χ0v) is 8.05. The van der Waals surface area contributed by atoms with Gasteiger partial charge in [0, 0.05) is 12.0 Å². The van der Waals surface area contributed by atoms with Crippen LogP contribution in [0.3, 0.4) is 0 Å². The van der Waals surface area contributed by atoms with E-state index in [1.807, 2.05) is 13.1 Å². The van der Waals surface area contributed by atoms with Gasteiger partial charge in [-0.3, -0.25) is 0 Å². The molecule has 1 fully saturated rings. The van der Waals surface area contributed by atoms with E-state index in [0.29, 0.717) is 18.1 Å². The lowest BCUT2D eigenvalue weighted by molar-refractivity contribution is 0.117. The van der Waals surface area contributed by atoms with Gasteiger partial charge in [0.25, 0.3) is 0 Å². The summed E-state index contributed by atoms with van der Waals surface area (Å²) in [4.78, 5) is 0. The van der Waals surface area contributed by atoms with Gasteiger partial charge in [0.05, 0.1) is 12.7 Å². The molecule has 3 unspecified atom stereocenters. The van der Waals surface area contributed by atoms with Crippen LogP contribution in [-0.2, 0) is 4.74 Å². The van der Waals surface area contributed by atoms with Crippen LogP contribution in [0.1, 0.15) is 19.8 Å². The largest absolute Gasteiger partial charge is 0.378 e. The maximum atomic E-state index is 5.52. The van der Waals surface area contributed by atoms with Crippen molar-refractivity contribution in [2.24, 2.45) is 5.92 Å². The van der Waals surface area contributed by atoms with Gasteiger partial charge in [0.2, 0.25) is 0 Å². The van der Waals surface area contributed by atoms with Gasteiger partial charge in [0.1, 0.15) is 0 Å². The molecule has 1 rings (SSSR count). The average molecular weight is 169 g/mol. The van der Waals surface area contributed by atoms with Gasteiger partial charge in [0.15, 0.2) is 0 Å². The molecule has 0 spiro atoms. The molecule has 70 valence electrons. The molecule has 0 aliphatic carbocycles. The summed E-state index contributed by atoms with van der Waals surface area (Å²) in [6.45, 7) is 6.80. The summed E-state index contributed by atoms with van der Waals surface area (Å²) >= 11 is 0. The van der Waals surface area contributed by atoms with Gasteiger partial charge in [-0.25, -0.2) is 0 Å². The van der Waals surface area contributed by atoms with Gasteiger partial charge < -0.3 is 10.1 Å². The Bertz CT molecular complexity index is 147. The van der Waals surface area contributed by atoms with Crippen molar-refractivity contribution in [3.8, 4) is 0 Å². The van der Waals surface area contributed by atoms with Crippen molar-refractivity contribution in [1.29, 1.82) is 0 Å². The third-order valence-electron chi connectivity index (χ3n) is 2.59. The van der Waals surface area contributed by atoms with Crippen LogP contribution in [0.15, 0.2) is 12.7 Å². The zero-order chi connectivity index (χ0) is 8.97. The van der Waals surface area contributed by atoms with E-state index in [9.17, 15) is 0 Å². The fourth-order valence-corrected chi connectivity index (χ4v) is 1.86. The number of nitrogens with one attached hydrogen (secondary N) is 1. The van der Waals surface area contributed by atoms with Crippen LogP contribution < -0.4 is 5.32 Å². The Morgan fingerprint density at radius 3 is 2.92 bits per heavy atom. The first-order chi connectivity index (χ1) is 5.77. The van der Waals surface area contributed by atoms with Gasteiger partial charge >= 0.3 is 0 Å². The van der Waals surface area contributed by atoms with Gasteiger partial charge in [-0.15, -0.1) is 6.58 Å². The number of hydrogen-bond acceptors (Lipinski definition) is 2. The molecule has 1 aliphatic heterocycles. The SMILES string of the molecule is C=CCC(NC)C1COC(C)C1. The highest BCUT2D eigenvalue weighted by Gasteiger charge is 2.27. The van der Waals surface area contributed by atoms with E-state index in [1.165, 1.54) is 6.42 Å². The van der Waals surface area contributed by atoms with Crippen LogP contribution in [0.5, 0.6) is 0 Å². The molecule has 3 atom stereocenters. The average Bonchev–Trinajstić information content (AvgIpc) is 2.47. The lowest BCUT2D eigenvalue weighted by atomic mass is 9.95. The van der Waals surface area contributed by atoms with E-state index in [2.05, 4.69) is 18.8 Å². The van der Waals surface area contributed by atoms with Gasteiger partial charge in [-0.2, -0.15) is 0 Å². The van der Waals surface area contributed by atoms with Crippen molar-refractivity contribution in [1.82, 2.24) is 5.32 Å². The van der Waals surface area contributed by atoms with Crippen molar-refractivity contribution < 1.29 is 4.74 Å². The predicted molar refractivity (Wildman–Crippen MR) is 51.2 cm³/mol. The highest BCUT2D eigenvalue weighted by Crippen LogP contribution is 2.23. The molecule has 1 saturated heterocycles. The van der Waals surface area contributed by atoms with E-state index < -0.39 is 0 Å². The van der Waals surface area contributed by atoms with Gasteiger partial charge in [-0.05, 0) is 26.8 Å². The molecular formula is C10H19NO. The minimum absolute atomic E-state index is 0.440. The molecular weight excluding hydrogens is 150 g/mol. The molecule has 0 saturated carbocycles. The summed E-state index contributed by atoms with van der Waals surface area (Å²) in [5.41, 5.74) is 0. The maximum Gasteiger partial charge on any atom is 0.0551 e. The second-order valence-corrected chi connectivity index (χ2v) is 3.56. The lowest BCUT2D eigenvalue weighted by Crippen LogP contribution is -2.33. The van der Waals surface area contributed by atoms with Crippen molar-refractivity contribution >= 4 is 0 Å². The summed E-state index contributed by atoms with van der Waals surface area (Å²) < 4.78 is 5.52. The van der Waals surface area contributed by atoms with E-state index in [4.69, 9.17) is 4.74 Å². The molecule has 2 nitrogen and oxygen atoms in total. The molecule has 0 amide bonds. The van der Waals surface area contributed by atoms with Crippen molar-refractivity contribution in [3.63, 3.8) is 0 Å². The molecule has 1 N–H and O–H groups in total. The van der Waals surface area contributed by atoms with Crippen LogP contribution in [-0.4, -0.2) is 25.8 Å². The van der Waals surface area contributed by atoms with Crippen molar-refractivity contribution in [2.75, 3.05) is 13.7 Å². The van der Waals surface area contributed by atoms with E-state index in [0.717, 1.165) is 13.0 Å². The third-order valence-corrected chi connectivity index (χ3v) is 2.59. The molecule has 0 bridgehead atoms. The van der Waals surface area contributed by atoms with Crippen LogP contribution in [0, 0.1) is 5.92 Å². The molecule has 2 heteroatoms. The van der Waals surface area contributed by atoms with Crippen LogP contribution in [0.25, 0.3) is 0 Å². The normalized spacial score (nSPS) is 31.8. The number of rotatable bonds is 4. The Balaban J connectivity index is 2.38. The Kier molecular flexibility index (Phi) is 3.76. The standard InChI is InChI=1S/C10H19NO/c1-4-5-10(11-3)9-6-8(2)12-7-9/h4,8-11H,1,5-7H2,2-3H3. The fraction of sp³-hybridized carbons (Fsp3) is 0.800. The summed E-state index contributed by atoms with van der Waals surface area (Å²) in [5.74, 6) is 0.669. The zero-order valence-electron chi connectivity index (χ0n) is 8.05. The fourth-order valence-electron chi connectivity index (χ4n) is 1.86. The highest BCUT2D eigenvalue weighted by atomic mass is 16.5. The molecule has 0 aromatic carbocycles. The number of ether oxygens (including phenoxy) is 1. The smallest absolute Gasteiger partial charge is 0.0551 e. The lowest BCUT2D eigenvalue weighted by Gasteiger charge is -2.19. The molecule has 1 heterocycles.